The molecule has 84 valence electrons. The van der Waals surface area contributed by atoms with E-state index in [1.807, 2.05) is 32.0 Å². The zero-order valence-corrected chi connectivity index (χ0v) is 10.5. The van der Waals surface area contributed by atoms with Crippen LogP contribution in [-0.2, 0) is 4.79 Å². The van der Waals surface area contributed by atoms with Crippen molar-refractivity contribution in [1.82, 2.24) is 4.98 Å². The van der Waals surface area contributed by atoms with Gasteiger partial charge in [0.15, 0.2) is 5.13 Å². The van der Waals surface area contributed by atoms with Crippen molar-refractivity contribution < 1.29 is 4.79 Å². The summed E-state index contributed by atoms with van der Waals surface area (Å²) in [7, 11) is 0. The van der Waals surface area contributed by atoms with Gasteiger partial charge in [-0.05, 0) is 12.1 Å². The molecule has 0 saturated carbocycles. The predicted molar refractivity (Wildman–Crippen MR) is 68.1 cm³/mol. The van der Waals surface area contributed by atoms with Crippen LogP contribution in [0.15, 0.2) is 18.2 Å². The van der Waals surface area contributed by atoms with Gasteiger partial charge in [0.05, 0.1) is 15.2 Å². The fourth-order valence-corrected chi connectivity index (χ4v) is 2.38. The molecule has 0 aliphatic rings. The van der Waals surface area contributed by atoms with Crippen molar-refractivity contribution in [2.24, 2.45) is 5.92 Å². The molecular weight excluding hydrogens is 244 g/mol. The molecule has 0 bridgehead atoms. The molecule has 0 radical (unpaired) electrons. The van der Waals surface area contributed by atoms with Crippen LogP contribution in [0.25, 0.3) is 10.2 Å². The van der Waals surface area contributed by atoms with Gasteiger partial charge < -0.3 is 5.32 Å². The number of hydrogen-bond acceptors (Lipinski definition) is 3. The Bertz CT molecular complexity index is 536. The van der Waals surface area contributed by atoms with Gasteiger partial charge in [0, 0.05) is 5.92 Å². The van der Waals surface area contributed by atoms with Crippen LogP contribution in [0.3, 0.4) is 0 Å². The average molecular weight is 255 g/mol. The van der Waals surface area contributed by atoms with Gasteiger partial charge in [-0.1, -0.05) is 42.9 Å². The van der Waals surface area contributed by atoms with Crippen LogP contribution in [0, 0.1) is 5.92 Å². The van der Waals surface area contributed by atoms with Crippen LogP contribution in [-0.4, -0.2) is 10.9 Å². The number of benzene rings is 1. The molecule has 1 heterocycles. The Hall–Kier alpha value is -1.13. The highest BCUT2D eigenvalue weighted by molar-refractivity contribution is 7.23. The van der Waals surface area contributed by atoms with Crippen molar-refractivity contribution in [1.29, 1.82) is 0 Å². The molecule has 0 aliphatic carbocycles. The Balaban J connectivity index is 2.33. The van der Waals surface area contributed by atoms with E-state index in [4.69, 9.17) is 11.6 Å². The highest BCUT2D eigenvalue weighted by Gasteiger charge is 2.11. The van der Waals surface area contributed by atoms with Gasteiger partial charge in [0.1, 0.15) is 0 Å². The minimum atomic E-state index is -0.0533. The summed E-state index contributed by atoms with van der Waals surface area (Å²) in [5.41, 5.74) is 0.816. The van der Waals surface area contributed by atoms with E-state index in [1.54, 1.807) is 0 Å². The smallest absolute Gasteiger partial charge is 0.228 e. The number of nitrogens with zero attached hydrogens (tertiary/aromatic N) is 1. The first kappa shape index (κ1) is 11.4. The summed E-state index contributed by atoms with van der Waals surface area (Å²) in [5, 5.41) is 4.03. The van der Waals surface area contributed by atoms with Crippen LogP contribution >= 0.6 is 22.9 Å². The lowest BCUT2D eigenvalue weighted by atomic mass is 10.2. The molecule has 1 aromatic heterocycles. The zero-order chi connectivity index (χ0) is 11.7. The number of hydrogen-bond donors (Lipinski definition) is 1. The minimum absolute atomic E-state index is 0.0322. The highest BCUT2D eigenvalue weighted by atomic mass is 35.5. The third kappa shape index (κ3) is 2.18. The number of amides is 1. The molecule has 0 spiro atoms. The Morgan fingerprint density at radius 2 is 2.25 bits per heavy atom. The monoisotopic (exact) mass is 254 g/mol. The summed E-state index contributed by atoms with van der Waals surface area (Å²) in [6, 6.07) is 5.54. The van der Waals surface area contributed by atoms with Crippen molar-refractivity contribution in [3.05, 3.63) is 23.2 Å². The summed E-state index contributed by atoms with van der Waals surface area (Å²) < 4.78 is 0.906. The number of rotatable bonds is 2. The lowest BCUT2D eigenvalue weighted by molar-refractivity contribution is -0.118. The standard InChI is InChI=1S/C11H11ClN2OS/c1-6(2)10(15)14-11-13-8-5-3-4-7(12)9(8)16-11/h3-6H,1-2H3,(H,13,14,15). The van der Waals surface area contributed by atoms with Crippen LogP contribution in [0.5, 0.6) is 0 Å². The van der Waals surface area contributed by atoms with Gasteiger partial charge in [-0.3, -0.25) is 4.79 Å². The first-order valence-corrected chi connectivity index (χ1v) is 6.13. The molecule has 1 aromatic carbocycles. The maximum absolute atomic E-state index is 11.5. The number of carbonyl (C=O) groups excluding carboxylic acids is 1. The molecule has 0 saturated heterocycles. The lowest BCUT2D eigenvalue weighted by Crippen LogP contribution is -2.17. The summed E-state index contributed by atoms with van der Waals surface area (Å²) >= 11 is 7.42. The summed E-state index contributed by atoms with van der Waals surface area (Å²) in [6.45, 7) is 3.69. The van der Waals surface area contributed by atoms with Crippen molar-refractivity contribution in [3.63, 3.8) is 0 Å². The van der Waals surface area contributed by atoms with Gasteiger partial charge in [-0.25, -0.2) is 4.98 Å². The van der Waals surface area contributed by atoms with E-state index in [2.05, 4.69) is 10.3 Å². The second-order valence-electron chi connectivity index (χ2n) is 3.75. The molecule has 0 atom stereocenters. The molecule has 1 amide bonds. The maximum atomic E-state index is 11.5. The van der Waals surface area contributed by atoms with E-state index in [-0.39, 0.29) is 11.8 Å². The molecule has 0 unspecified atom stereocenters. The van der Waals surface area contributed by atoms with Gasteiger partial charge in [0.25, 0.3) is 0 Å². The van der Waals surface area contributed by atoms with Crippen molar-refractivity contribution in [2.75, 3.05) is 5.32 Å². The van der Waals surface area contributed by atoms with Gasteiger partial charge in [-0.2, -0.15) is 0 Å². The number of aromatic nitrogens is 1. The van der Waals surface area contributed by atoms with Crippen molar-refractivity contribution in [3.8, 4) is 0 Å². The largest absolute Gasteiger partial charge is 0.302 e. The topological polar surface area (TPSA) is 42.0 Å². The maximum Gasteiger partial charge on any atom is 0.228 e. The number of thiazole rings is 1. The molecule has 0 fully saturated rings. The first-order valence-electron chi connectivity index (χ1n) is 4.94. The Morgan fingerprint density at radius 3 is 2.88 bits per heavy atom. The lowest BCUT2D eigenvalue weighted by Gasteiger charge is -2.02. The minimum Gasteiger partial charge on any atom is -0.302 e. The van der Waals surface area contributed by atoms with Gasteiger partial charge >= 0.3 is 0 Å². The van der Waals surface area contributed by atoms with Gasteiger partial charge in [-0.15, -0.1) is 0 Å². The number of halogens is 1. The van der Waals surface area contributed by atoms with E-state index < -0.39 is 0 Å². The molecule has 3 nitrogen and oxygen atoms in total. The average Bonchev–Trinajstić information content (AvgIpc) is 2.61. The van der Waals surface area contributed by atoms with E-state index in [1.165, 1.54) is 11.3 Å². The number of anilines is 1. The molecular formula is C11H11ClN2OS. The molecule has 5 heteroatoms. The predicted octanol–water partition coefficient (Wildman–Crippen LogP) is 3.54. The van der Waals surface area contributed by atoms with E-state index in [9.17, 15) is 4.79 Å². The SMILES string of the molecule is CC(C)C(=O)Nc1nc2cccc(Cl)c2s1. The van der Waals surface area contributed by atoms with E-state index in [0.717, 1.165) is 10.2 Å². The summed E-state index contributed by atoms with van der Waals surface area (Å²) in [4.78, 5) is 15.8. The number of nitrogens with one attached hydrogen (secondary N) is 1. The van der Waals surface area contributed by atoms with Crippen LogP contribution in [0.1, 0.15) is 13.8 Å². The second kappa shape index (κ2) is 4.39. The highest BCUT2D eigenvalue weighted by Crippen LogP contribution is 2.31. The molecule has 1 N–H and O–H groups in total. The van der Waals surface area contributed by atoms with Crippen LogP contribution in [0.4, 0.5) is 5.13 Å². The third-order valence-corrected chi connectivity index (χ3v) is 3.57. The molecule has 2 rings (SSSR count). The van der Waals surface area contributed by atoms with Crippen LogP contribution in [0.2, 0.25) is 5.02 Å². The quantitative estimate of drug-likeness (QED) is 0.891. The van der Waals surface area contributed by atoms with Gasteiger partial charge in [0.2, 0.25) is 5.91 Å². The van der Waals surface area contributed by atoms with Crippen LogP contribution < -0.4 is 5.32 Å². The number of fused-ring (bicyclic) bond motifs is 1. The van der Waals surface area contributed by atoms with Crippen molar-refractivity contribution >= 4 is 44.2 Å². The fourth-order valence-electron chi connectivity index (χ4n) is 1.22. The Kier molecular flexibility index (Phi) is 3.12. The zero-order valence-electron chi connectivity index (χ0n) is 8.95. The second-order valence-corrected chi connectivity index (χ2v) is 5.16. The van der Waals surface area contributed by atoms with E-state index >= 15 is 0 Å². The molecule has 2 aromatic rings. The number of carbonyl (C=O) groups is 1. The third-order valence-electron chi connectivity index (χ3n) is 2.12. The van der Waals surface area contributed by atoms with E-state index in [0.29, 0.717) is 10.2 Å². The summed E-state index contributed by atoms with van der Waals surface area (Å²) in [6.07, 6.45) is 0. The Morgan fingerprint density at radius 1 is 1.50 bits per heavy atom. The normalized spacial score (nSPS) is 11.0. The molecule has 16 heavy (non-hydrogen) atoms. The first-order chi connectivity index (χ1) is 7.58. The molecule has 0 aliphatic heterocycles. The Labute approximate surface area is 102 Å². The summed E-state index contributed by atoms with van der Waals surface area (Å²) in [5.74, 6) is -0.0855. The van der Waals surface area contributed by atoms with Crippen molar-refractivity contribution in [2.45, 2.75) is 13.8 Å². The fraction of sp³-hybridized carbons (Fsp3) is 0.273.